The molecule has 0 unspecified atom stereocenters. The van der Waals surface area contributed by atoms with E-state index in [1.54, 1.807) is 56.3 Å². The minimum absolute atomic E-state index is 0.0719. The van der Waals surface area contributed by atoms with Crippen molar-refractivity contribution < 1.29 is 18.0 Å². The molecule has 7 nitrogen and oxygen atoms in total. The van der Waals surface area contributed by atoms with E-state index < -0.39 is 28.5 Å². The molecule has 2 atom stereocenters. The Labute approximate surface area is 236 Å². The molecule has 0 saturated carbocycles. The molecule has 0 bridgehead atoms. The molecule has 9 heteroatoms. The molecular weight excluding hydrogens is 534 g/mol. The molecule has 39 heavy (non-hydrogen) atoms. The van der Waals surface area contributed by atoms with Crippen LogP contribution < -0.4 is 9.62 Å². The van der Waals surface area contributed by atoms with Gasteiger partial charge < -0.3 is 10.2 Å². The smallest absolute Gasteiger partial charge is 0.264 e. The molecule has 3 aromatic carbocycles. The maximum absolute atomic E-state index is 14.0. The normalized spacial score (nSPS) is 12.9. The van der Waals surface area contributed by atoms with Crippen molar-refractivity contribution in [2.24, 2.45) is 0 Å². The second-order valence-corrected chi connectivity index (χ2v) is 12.1. The molecule has 0 aliphatic heterocycles. The first-order chi connectivity index (χ1) is 18.4. The van der Waals surface area contributed by atoms with E-state index in [0.29, 0.717) is 16.3 Å². The van der Waals surface area contributed by atoms with E-state index in [-0.39, 0.29) is 23.4 Å². The van der Waals surface area contributed by atoms with Crippen LogP contribution in [0.5, 0.6) is 0 Å². The van der Waals surface area contributed by atoms with E-state index in [4.69, 9.17) is 11.6 Å². The lowest BCUT2D eigenvalue weighted by molar-refractivity contribution is -0.139. The van der Waals surface area contributed by atoms with Crippen LogP contribution in [0.25, 0.3) is 0 Å². The zero-order valence-electron chi connectivity index (χ0n) is 23.0. The van der Waals surface area contributed by atoms with Crippen LogP contribution in [0.4, 0.5) is 5.69 Å². The third-order valence-electron chi connectivity index (χ3n) is 6.65. The maximum Gasteiger partial charge on any atom is 0.264 e. The zero-order valence-corrected chi connectivity index (χ0v) is 24.6. The number of aryl methyl sites for hydroxylation is 2. The number of amides is 2. The average molecular weight is 570 g/mol. The van der Waals surface area contributed by atoms with Gasteiger partial charge in [-0.15, -0.1) is 0 Å². The van der Waals surface area contributed by atoms with E-state index in [2.05, 4.69) is 5.32 Å². The second kappa shape index (κ2) is 13.1. The van der Waals surface area contributed by atoms with E-state index in [1.807, 2.05) is 39.0 Å². The molecule has 0 saturated heterocycles. The number of carbonyl (C=O) groups excluding carboxylic acids is 2. The van der Waals surface area contributed by atoms with Crippen LogP contribution in [0.1, 0.15) is 43.9 Å². The highest BCUT2D eigenvalue weighted by Gasteiger charge is 2.33. The first kappa shape index (κ1) is 30.2. The molecule has 3 rings (SSSR count). The number of halogens is 1. The molecule has 0 fully saturated rings. The molecule has 3 aromatic rings. The highest BCUT2D eigenvalue weighted by atomic mass is 35.5. The third kappa shape index (κ3) is 7.61. The fourth-order valence-corrected chi connectivity index (χ4v) is 5.81. The Morgan fingerprint density at radius 1 is 0.949 bits per heavy atom. The lowest BCUT2D eigenvalue weighted by atomic mass is 10.1. The SMILES string of the molecule is CC[C@@H](C)NC(=O)[C@H](C)N(Cc1cccc(Cl)c1)C(=O)CN(c1cc(C)ccc1C)S(=O)(=O)c1ccccc1. The second-order valence-electron chi connectivity index (χ2n) is 9.76. The zero-order chi connectivity index (χ0) is 28.7. The van der Waals surface area contributed by atoms with Gasteiger partial charge in [-0.1, -0.05) is 61.0 Å². The fourth-order valence-electron chi connectivity index (χ4n) is 4.10. The topological polar surface area (TPSA) is 86.8 Å². The van der Waals surface area contributed by atoms with E-state index >= 15 is 0 Å². The molecule has 0 spiro atoms. The van der Waals surface area contributed by atoms with Crippen LogP contribution in [0, 0.1) is 13.8 Å². The Hall–Kier alpha value is -3.36. The summed E-state index contributed by atoms with van der Waals surface area (Å²) in [6.07, 6.45) is 0.733. The standard InChI is InChI=1S/C30H36ClN3O4S/c1-6-23(4)32-30(36)24(5)33(19-25-11-10-12-26(31)18-25)29(35)20-34(28-17-21(2)15-16-22(28)3)39(37,38)27-13-8-7-9-14-27/h7-18,23-24H,6,19-20H2,1-5H3,(H,32,36)/t23-,24+/m1/s1. The minimum atomic E-state index is -4.11. The summed E-state index contributed by atoms with van der Waals surface area (Å²) in [5.74, 6) is -0.828. The highest BCUT2D eigenvalue weighted by molar-refractivity contribution is 7.92. The first-order valence-corrected chi connectivity index (χ1v) is 14.7. The Morgan fingerprint density at radius 3 is 2.28 bits per heavy atom. The van der Waals surface area contributed by atoms with Crippen LogP contribution in [0.15, 0.2) is 77.7 Å². The van der Waals surface area contributed by atoms with Gasteiger partial charge >= 0.3 is 0 Å². The number of anilines is 1. The summed E-state index contributed by atoms with van der Waals surface area (Å²) in [6, 6.07) is 19.6. The number of hydrogen-bond donors (Lipinski definition) is 1. The van der Waals surface area contributed by atoms with Crippen LogP contribution in [0.3, 0.4) is 0 Å². The fraction of sp³-hybridized carbons (Fsp3) is 0.333. The van der Waals surface area contributed by atoms with Crippen molar-refractivity contribution in [2.45, 2.75) is 64.6 Å². The molecule has 0 aromatic heterocycles. The predicted octanol–water partition coefficient (Wildman–Crippen LogP) is 5.48. The maximum atomic E-state index is 14.0. The quantitative estimate of drug-likeness (QED) is 0.331. The number of nitrogens with one attached hydrogen (secondary N) is 1. The van der Waals surface area contributed by atoms with Gasteiger partial charge in [0, 0.05) is 17.6 Å². The Kier molecular flexibility index (Phi) is 10.2. The molecule has 0 radical (unpaired) electrons. The molecule has 0 aliphatic carbocycles. The van der Waals surface area contributed by atoms with Gasteiger partial charge in [0.15, 0.2) is 0 Å². The summed E-state index contributed by atoms with van der Waals surface area (Å²) in [4.78, 5) is 28.6. The van der Waals surface area contributed by atoms with Crippen LogP contribution >= 0.6 is 11.6 Å². The van der Waals surface area contributed by atoms with Crippen molar-refractivity contribution in [1.82, 2.24) is 10.2 Å². The van der Waals surface area contributed by atoms with Gasteiger partial charge in [0.1, 0.15) is 12.6 Å². The number of rotatable bonds is 11. The molecule has 0 heterocycles. The van der Waals surface area contributed by atoms with Crippen molar-refractivity contribution in [3.63, 3.8) is 0 Å². The summed E-state index contributed by atoms with van der Waals surface area (Å²) in [5.41, 5.74) is 2.69. The minimum Gasteiger partial charge on any atom is -0.352 e. The number of benzene rings is 3. The van der Waals surface area contributed by atoms with E-state index in [9.17, 15) is 18.0 Å². The Balaban J connectivity index is 2.06. The van der Waals surface area contributed by atoms with Crippen molar-refractivity contribution in [3.05, 3.63) is 94.5 Å². The largest absolute Gasteiger partial charge is 0.352 e. The summed E-state index contributed by atoms with van der Waals surface area (Å²) >= 11 is 6.19. The Morgan fingerprint density at radius 2 is 1.64 bits per heavy atom. The molecule has 1 N–H and O–H groups in total. The van der Waals surface area contributed by atoms with Crippen LogP contribution in [-0.2, 0) is 26.2 Å². The van der Waals surface area contributed by atoms with Gasteiger partial charge in [0.2, 0.25) is 11.8 Å². The lowest BCUT2D eigenvalue weighted by Crippen LogP contribution is -2.52. The van der Waals surface area contributed by atoms with Gasteiger partial charge in [-0.2, -0.15) is 0 Å². The average Bonchev–Trinajstić information content (AvgIpc) is 2.91. The van der Waals surface area contributed by atoms with Gasteiger partial charge in [0.25, 0.3) is 10.0 Å². The van der Waals surface area contributed by atoms with Gasteiger partial charge in [-0.05, 0) is 81.1 Å². The lowest BCUT2D eigenvalue weighted by Gasteiger charge is -2.33. The molecule has 2 amide bonds. The summed E-state index contributed by atoms with van der Waals surface area (Å²) in [7, 11) is -4.11. The van der Waals surface area contributed by atoms with Gasteiger partial charge in [0.05, 0.1) is 10.6 Å². The van der Waals surface area contributed by atoms with E-state index in [0.717, 1.165) is 21.9 Å². The molecule has 0 aliphatic rings. The van der Waals surface area contributed by atoms with Gasteiger partial charge in [-0.3, -0.25) is 13.9 Å². The summed E-state index contributed by atoms with van der Waals surface area (Å²) in [5, 5.41) is 3.43. The number of nitrogens with zero attached hydrogens (tertiary/aromatic N) is 2. The van der Waals surface area contributed by atoms with Crippen molar-refractivity contribution in [1.29, 1.82) is 0 Å². The third-order valence-corrected chi connectivity index (χ3v) is 8.66. The van der Waals surface area contributed by atoms with Crippen LogP contribution in [-0.4, -0.2) is 43.8 Å². The molecule has 208 valence electrons. The number of carbonyl (C=O) groups is 2. The number of hydrogen-bond acceptors (Lipinski definition) is 4. The van der Waals surface area contributed by atoms with Crippen molar-refractivity contribution in [3.8, 4) is 0 Å². The van der Waals surface area contributed by atoms with E-state index in [1.165, 1.54) is 17.0 Å². The van der Waals surface area contributed by atoms with Crippen LogP contribution in [0.2, 0.25) is 5.02 Å². The monoisotopic (exact) mass is 569 g/mol. The number of sulfonamides is 1. The van der Waals surface area contributed by atoms with Crippen molar-refractivity contribution >= 4 is 39.1 Å². The predicted molar refractivity (Wildman–Crippen MR) is 156 cm³/mol. The highest BCUT2D eigenvalue weighted by Crippen LogP contribution is 2.28. The Bertz CT molecular complexity index is 1410. The summed E-state index contributed by atoms with van der Waals surface area (Å²) in [6.45, 7) is 8.77. The van der Waals surface area contributed by atoms with Crippen molar-refractivity contribution in [2.75, 3.05) is 10.8 Å². The first-order valence-electron chi connectivity index (χ1n) is 12.9. The van der Waals surface area contributed by atoms with Gasteiger partial charge in [-0.25, -0.2) is 8.42 Å². The summed E-state index contributed by atoms with van der Waals surface area (Å²) < 4.78 is 28.9. The molecular formula is C30H36ClN3O4S.